The fraction of sp³-hybridized carbons (Fsp3) is 0.375. The molecule has 0 aliphatic rings. The van der Waals surface area contributed by atoms with E-state index >= 15 is 0 Å². The lowest BCUT2D eigenvalue weighted by Crippen LogP contribution is -2.14. The smallest absolute Gasteiger partial charge is 0.363 e. The number of anilines is 1. The topological polar surface area (TPSA) is 51.5 Å². The third-order valence-corrected chi connectivity index (χ3v) is 5.62. The van der Waals surface area contributed by atoms with Crippen molar-refractivity contribution in [3.63, 3.8) is 0 Å². The van der Waals surface area contributed by atoms with Crippen LogP contribution in [0.25, 0.3) is 5.52 Å². The standard InChI is InChI=1S/C16H15BrClF3N4OS/c17-13-10(4-1-2-6-26-16(19,20)21)8-12-14(23-15(18)24-25(12)13)22-9-11-5-3-7-27-11/h3,5,7-8H,1-2,4,6,9H2,(H,22,23,24). The summed E-state index contributed by atoms with van der Waals surface area (Å²) in [4.78, 5) is 5.40. The Morgan fingerprint density at radius 1 is 1.33 bits per heavy atom. The maximum absolute atomic E-state index is 12.0. The van der Waals surface area contributed by atoms with Crippen LogP contribution in [0.5, 0.6) is 0 Å². The quantitative estimate of drug-likeness (QED) is 0.419. The van der Waals surface area contributed by atoms with Crippen molar-refractivity contribution >= 4 is 50.2 Å². The average molecular weight is 484 g/mol. The van der Waals surface area contributed by atoms with Gasteiger partial charge in [0.2, 0.25) is 5.28 Å². The van der Waals surface area contributed by atoms with Gasteiger partial charge in [-0.2, -0.15) is 4.98 Å². The summed E-state index contributed by atoms with van der Waals surface area (Å²) in [6.45, 7) is 0.251. The van der Waals surface area contributed by atoms with Crippen LogP contribution in [0.2, 0.25) is 5.28 Å². The monoisotopic (exact) mass is 482 g/mol. The van der Waals surface area contributed by atoms with Crippen molar-refractivity contribution in [2.24, 2.45) is 0 Å². The highest BCUT2D eigenvalue weighted by molar-refractivity contribution is 9.10. The van der Waals surface area contributed by atoms with E-state index in [1.165, 1.54) is 0 Å². The second-order valence-corrected chi connectivity index (χ2v) is 7.79. The minimum Gasteiger partial charge on any atom is -0.363 e. The third-order valence-electron chi connectivity index (χ3n) is 3.74. The summed E-state index contributed by atoms with van der Waals surface area (Å²) >= 11 is 11.1. The zero-order valence-electron chi connectivity index (χ0n) is 13.9. The molecule has 0 aliphatic heterocycles. The first-order chi connectivity index (χ1) is 12.8. The van der Waals surface area contributed by atoms with Gasteiger partial charge in [-0.05, 0) is 69.9 Å². The maximum atomic E-state index is 12.0. The number of halogens is 5. The minimum atomic E-state index is -4.58. The third kappa shape index (κ3) is 5.56. The molecule has 0 saturated heterocycles. The first-order valence-corrected chi connectivity index (χ1v) is 10.1. The van der Waals surface area contributed by atoms with Gasteiger partial charge in [0.1, 0.15) is 10.1 Å². The summed E-state index contributed by atoms with van der Waals surface area (Å²) in [5.41, 5.74) is 1.65. The van der Waals surface area contributed by atoms with Crippen LogP contribution < -0.4 is 5.32 Å². The molecule has 27 heavy (non-hydrogen) atoms. The second kappa shape index (κ2) is 8.76. The van der Waals surface area contributed by atoms with E-state index in [4.69, 9.17) is 11.6 Å². The number of unbranched alkanes of at least 4 members (excludes halogenated alkanes) is 1. The molecule has 3 heterocycles. The summed E-state index contributed by atoms with van der Waals surface area (Å²) in [7, 11) is 0. The zero-order chi connectivity index (χ0) is 19.4. The molecule has 3 aromatic rings. The molecule has 0 atom stereocenters. The molecular weight excluding hydrogens is 469 g/mol. The molecule has 0 radical (unpaired) electrons. The highest BCUT2D eigenvalue weighted by atomic mass is 79.9. The number of fused-ring (bicyclic) bond motifs is 1. The van der Waals surface area contributed by atoms with E-state index in [0.29, 0.717) is 36.2 Å². The molecule has 0 amide bonds. The van der Waals surface area contributed by atoms with Crippen molar-refractivity contribution in [1.82, 2.24) is 14.6 Å². The summed E-state index contributed by atoms with van der Waals surface area (Å²) in [6.07, 6.45) is -3.16. The van der Waals surface area contributed by atoms with E-state index in [1.807, 2.05) is 23.6 Å². The molecule has 0 saturated carbocycles. The Balaban J connectivity index is 1.70. The van der Waals surface area contributed by atoms with Gasteiger partial charge in [-0.1, -0.05) is 6.07 Å². The van der Waals surface area contributed by atoms with Gasteiger partial charge in [0.15, 0.2) is 5.82 Å². The van der Waals surface area contributed by atoms with Gasteiger partial charge in [-0.3, -0.25) is 4.74 Å². The van der Waals surface area contributed by atoms with E-state index in [2.05, 4.69) is 36.1 Å². The Morgan fingerprint density at radius 3 is 2.85 bits per heavy atom. The van der Waals surface area contributed by atoms with Crippen LogP contribution in [0.3, 0.4) is 0 Å². The van der Waals surface area contributed by atoms with E-state index in [9.17, 15) is 13.2 Å². The minimum absolute atomic E-state index is 0.0950. The van der Waals surface area contributed by atoms with Gasteiger partial charge in [0, 0.05) is 4.88 Å². The number of hydrogen-bond acceptors (Lipinski definition) is 5. The number of nitrogens with one attached hydrogen (secondary N) is 1. The molecule has 5 nitrogen and oxygen atoms in total. The number of thiophene rings is 1. The van der Waals surface area contributed by atoms with E-state index in [-0.39, 0.29) is 11.9 Å². The van der Waals surface area contributed by atoms with Gasteiger partial charge in [0.05, 0.1) is 13.2 Å². The van der Waals surface area contributed by atoms with Gasteiger partial charge in [0.25, 0.3) is 0 Å². The van der Waals surface area contributed by atoms with Crippen molar-refractivity contribution in [1.29, 1.82) is 0 Å². The maximum Gasteiger partial charge on any atom is 0.522 e. The molecule has 146 valence electrons. The first-order valence-electron chi connectivity index (χ1n) is 8.04. The Labute approximate surface area is 170 Å². The lowest BCUT2D eigenvalue weighted by molar-refractivity contribution is -0.324. The molecular formula is C16H15BrClF3N4OS. The van der Waals surface area contributed by atoms with Crippen LogP contribution in [0.1, 0.15) is 23.3 Å². The predicted molar refractivity (Wildman–Crippen MR) is 102 cm³/mol. The summed E-state index contributed by atoms with van der Waals surface area (Å²) in [5, 5.41) is 9.53. The number of nitrogens with zero attached hydrogens (tertiary/aromatic N) is 3. The molecule has 0 bridgehead atoms. The molecule has 0 unspecified atom stereocenters. The molecule has 3 rings (SSSR count). The van der Waals surface area contributed by atoms with Gasteiger partial charge in [-0.15, -0.1) is 29.6 Å². The normalized spacial score (nSPS) is 12.0. The van der Waals surface area contributed by atoms with Crippen LogP contribution in [0.4, 0.5) is 19.0 Å². The molecule has 3 aromatic heterocycles. The predicted octanol–water partition coefficient (Wildman–Crippen LogP) is 5.68. The Bertz CT molecular complexity index is 901. The fourth-order valence-electron chi connectivity index (χ4n) is 2.54. The SMILES string of the molecule is FC(F)(F)OCCCCc1cc2c(NCc3cccs3)nc(Cl)nn2c1Br. The molecule has 0 aliphatic carbocycles. The highest BCUT2D eigenvalue weighted by Gasteiger charge is 2.28. The zero-order valence-corrected chi connectivity index (χ0v) is 17.1. The number of ether oxygens (including phenoxy) is 1. The second-order valence-electron chi connectivity index (χ2n) is 5.67. The van der Waals surface area contributed by atoms with E-state index < -0.39 is 6.36 Å². The number of aromatic nitrogens is 3. The number of hydrogen-bond donors (Lipinski definition) is 1. The van der Waals surface area contributed by atoms with Gasteiger partial charge < -0.3 is 5.32 Å². The van der Waals surface area contributed by atoms with Crippen molar-refractivity contribution < 1.29 is 17.9 Å². The Morgan fingerprint density at radius 2 is 2.15 bits per heavy atom. The molecule has 11 heteroatoms. The molecule has 0 aromatic carbocycles. The largest absolute Gasteiger partial charge is 0.522 e. The van der Waals surface area contributed by atoms with E-state index in [0.717, 1.165) is 16.0 Å². The van der Waals surface area contributed by atoms with Crippen molar-refractivity contribution in [3.8, 4) is 0 Å². The average Bonchev–Trinajstić information content (AvgIpc) is 3.21. The van der Waals surface area contributed by atoms with Crippen LogP contribution in [0.15, 0.2) is 28.2 Å². The summed E-state index contributed by atoms with van der Waals surface area (Å²) in [5.74, 6) is 0.593. The van der Waals surface area contributed by atoms with Crippen LogP contribution in [-0.2, 0) is 17.7 Å². The fourth-order valence-corrected chi connectivity index (χ4v) is 3.93. The number of aryl methyl sites for hydroxylation is 1. The van der Waals surface area contributed by atoms with E-state index in [1.54, 1.807) is 15.9 Å². The number of alkyl halides is 3. The summed E-state index contributed by atoms with van der Waals surface area (Å²) in [6, 6.07) is 5.89. The number of rotatable bonds is 8. The van der Waals surface area contributed by atoms with Gasteiger partial charge in [-0.25, -0.2) is 4.52 Å². The van der Waals surface area contributed by atoms with Crippen molar-refractivity contribution in [2.75, 3.05) is 11.9 Å². The van der Waals surface area contributed by atoms with Crippen LogP contribution in [-0.4, -0.2) is 27.6 Å². The lowest BCUT2D eigenvalue weighted by atomic mass is 10.1. The summed E-state index contributed by atoms with van der Waals surface area (Å²) < 4.78 is 42.1. The molecule has 0 spiro atoms. The van der Waals surface area contributed by atoms with Gasteiger partial charge >= 0.3 is 6.36 Å². The molecule has 0 fully saturated rings. The molecule has 1 N–H and O–H groups in total. The van der Waals surface area contributed by atoms with Crippen molar-refractivity contribution in [3.05, 3.63) is 43.9 Å². The van der Waals surface area contributed by atoms with Crippen LogP contribution >= 0.6 is 38.9 Å². The van der Waals surface area contributed by atoms with Crippen molar-refractivity contribution in [2.45, 2.75) is 32.2 Å². The van der Waals surface area contributed by atoms with Crippen LogP contribution in [0, 0.1) is 0 Å². The Kier molecular flexibility index (Phi) is 6.61. The Hall–Kier alpha value is -1.36. The first kappa shape index (κ1) is 20.4. The lowest BCUT2D eigenvalue weighted by Gasteiger charge is -2.07. The highest BCUT2D eigenvalue weighted by Crippen LogP contribution is 2.28.